The Balaban J connectivity index is 2.84. The molecule has 2 aromatic rings. The van der Waals surface area contributed by atoms with Crippen molar-refractivity contribution in [2.45, 2.75) is 26.2 Å². The zero-order valence-electron chi connectivity index (χ0n) is 12.5. The topological polar surface area (TPSA) is 122 Å². The summed E-state index contributed by atoms with van der Waals surface area (Å²) in [5.41, 5.74) is 12.9. The van der Waals surface area contributed by atoms with Crippen molar-refractivity contribution in [2.24, 2.45) is 0 Å². The molecule has 0 saturated carbocycles. The average molecular weight is 362 g/mol. The van der Waals surface area contributed by atoms with Gasteiger partial charge in [-0.2, -0.15) is 10.2 Å². The molecule has 7 heteroatoms. The number of phenols is 1. The molecule has 1 aromatic heterocycles. The van der Waals surface area contributed by atoms with Gasteiger partial charge in [0.05, 0.1) is 10.2 Å². The van der Waals surface area contributed by atoms with Crippen LogP contribution in [0.3, 0.4) is 0 Å². The molecule has 114 valence electrons. The summed E-state index contributed by atoms with van der Waals surface area (Å²) in [4.78, 5) is 7.87. The summed E-state index contributed by atoms with van der Waals surface area (Å²) < 4.78 is 0.509. The standard InChI is InChI=1S/C15H16BrN5O/c1-15(2,3)7-4-8(12(22)10(16)5-7)11-9(6-17)13(18)21-14(19)20-11/h4-5,22H,1-3H3,(H4,18,19,20,21). The first-order chi connectivity index (χ1) is 10.1. The van der Waals surface area contributed by atoms with E-state index in [4.69, 9.17) is 11.5 Å². The summed E-state index contributed by atoms with van der Waals surface area (Å²) >= 11 is 3.33. The number of phenolic OH excluding ortho intramolecular Hbond substituents is 1. The fraction of sp³-hybridized carbons (Fsp3) is 0.267. The van der Waals surface area contributed by atoms with Crippen LogP contribution in [0.15, 0.2) is 16.6 Å². The largest absolute Gasteiger partial charge is 0.506 e. The lowest BCUT2D eigenvalue weighted by Gasteiger charge is -2.21. The minimum atomic E-state index is -0.151. The first-order valence-corrected chi connectivity index (χ1v) is 7.31. The van der Waals surface area contributed by atoms with Crippen molar-refractivity contribution in [1.82, 2.24) is 9.97 Å². The number of halogens is 1. The Morgan fingerprint density at radius 1 is 1.23 bits per heavy atom. The number of benzene rings is 1. The summed E-state index contributed by atoms with van der Waals surface area (Å²) in [6.07, 6.45) is 0. The summed E-state index contributed by atoms with van der Waals surface area (Å²) in [6, 6.07) is 5.57. The van der Waals surface area contributed by atoms with E-state index >= 15 is 0 Å². The lowest BCUT2D eigenvalue weighted by atomic mass is 9.85. The SMILES string of the molecule is CC(C)(C)c1cc(Br)c(O)c(-c2nc(N)nc(N)c2C#N)c1. The van der Waals surface area contributed by atoms with E-state index in [0.717, 1.165) is 5.56 Å². The molecule has 5 N–H and O–H groups in total. The van der Waals surface area contributed by atoms with Gasteiger partial charge >= 0.3 is 0 Å². The van der Waals surface area contributed by atoms with Crippen molar-refractivity contribution >= 4 is 27.7 Å². The molecule has 2 rings (SSSR count). The van der Waals surface area contributed by atoms with Crippen LogP contribution < -0.4 is 11.5 Å². The number of aromatic hydroxyl groups is 1. The minimum absolute atomic E-state index is 0.0123. The third kappa shape index (κ3) is 2.83. The highest BCUT2D eigenvalue weighted by molar-refractivity contribution is 9.10. The van der Waals surface area contributed by atoms with Gasteiger partial charge in [0, 0.05) is 5.56 Å². The number of nitrogens with two attached hydrogens (primary N) is 2. The van der Waals surface area contributed by atoms with Crippen LogP contribution in [0.1, 0.15) is 31.9 Å². The second-order valence-electron chi connectivity index (χ2n) is 5.91. The van der Waals surface area contributed by atoms with Crippen LogP contribution in [0.25, 0.3) is 11.3 Å². The summed E-state index contributed by atoms with van der Waals surface area (Å²) in [6.45, 7) is 6.14. The van der Waals surface area contributed by atoms with Crippen molar-refractivity contribution in [1.29, 1.82) is 5.26 Å². The van der Waals surface area contributed by atoms with Gasteiger partial charge in [0.15, 0.2) is 0 Å². The Morgan fingerprint density at radius 2 is 1.86 bits per heavy atom. The minimum Gasteiger partial charge on any atom is -0.506 e. The van der Waals surface area contributed by atoms with E-state index in [1.165, 1.54) is 0 Å². The molecule has 0 unspecified atom stereocenters. The van der Waals surface area contributed by atoms with Gasteiger partial charge in [-0.15, -0.1) is 0 Å². The normalized spacial score (nSPS) is 11.2. The predicted molar refractivity (Wildman–Crippen MR) is 89.1 cm³/mol. The molecule has 0 amide bonds. The number of hydrogen-bond acceptors (Lipinski definition) is 6. The first kappa shape index (κ1) is 16.0. The number of hydrogen-bond donors (Lipinski definition) is 3. The van der Waals surface area contributed by atoms with Gasteiger partial charge in [0.1, 0.15) is 23.2 Å². The van der Waals surface area contributed by atoms with Crippen molar-refractivity contribution in [2.75, 3.05) is 11.5 Å². The monoisotopic (exact) mass is 361 g/mol. The Hall–Kier alpha value is -2.33. The number of aromatic nitrogens is 2. The quantitative estimate of drug-likeness (QED) is 0.717. The number of nitrogen functional groups attached to an aromatic ring is 2. The molecule has 0 aliphatic rings. The molecule has 0 spiro atoms. The zero-order chi connectivity index (χ0) is 16.7. The van der Waals surface area contributed by atoms with E-state index in [0.29, 0.717) is 10.0 Å². The molecular weight excluding hydrogens is 346 g/mol. The third-order valence-corrected chi connectivity index (χ3v) is 3.86. The maximum absolute atomic E-state index is 10.3. The Morgan fingerprint density at radius 3 is 2.41 bits per heavy atom. The maximum Gasteiger partial charge on any atom is 0.222 e. The fourth-order valence-corrected chi connectivity index (χ4v) is 2.47. The highest BCUT2D eigenvalue weighted by Crippen LogP contribution is 2.40. The number of nitriles is 1. The Kier molecular flexibility index (Phi) is 3.98. The Labute approximate surface area is 136 Å². The summed E-state index contributed by atoms with van der Waals surface area (Å²) in [5, 5.41) is 19.6. The molecule has 0 fully saturated rings. The molecule has 0 aliphatic heterocycles. The van der Waals surface area contributed by atoms with Gasteiger partial charge < -0.3 is 16.6 Å². The third-order valence-electron chi connectivity index (χ3n) is 3.25. The first-order valence-electron chi connectivity index (χ1n) is 6.51. The summed E-state index contributed by atoms with van der Waals surface area (Å²) in [7, 11) is 0. The predicted octanol–water partition coefficient (Wildman–Crippen LogP) is 2.95. The van der Waals surface area contributed by atoms with Crippen molar-refractivity contribution < 1.29 is 5.11 Å². The fourth-order valence-electron chi connectivity index (χ4n) is 2.01. The average Bonchev–Trinajstić information content (AvgIpc) is 2.39. The molecule has 0 atom stereocenters. The number of anilines is 2. The van der Waals surface area contributed by atoms with E-state index in [1.54, 1.807) is 6.07 Å². The van der Waals surface area contributed by atoms with Gasteiger partial charge in [0.25, 0.3) is 0 Å². The molecule has 1 heterocycles. The molecule has 1 aromatic carbocycles. The van der Waals surface area contributed by atoms with Crippen LogP contribution >= 0.6 is 15.9 Å². The molecule has 22 heavy (non-hydrogen) atoms. The lowest BCUT2D eigenvalue weighted by Crippen LogP contribution is -2.12. The second kappa shape index (κ2) is 5.46. The maximum atomic E-state index is 10.3. The second-order valence-corrected chi connectivity index (χ2v) is 6.76. The van der Waals surface area contributed by atoms with E-state index in [9.17, 15) is 10.4 Å². The van der Waals surface area contributed by atoms with Crippen LogP contribution in [0, 0.1) is 11.3 Å². The van der Waals surface area contributed by atoms with Crippen LogP contribution in [-0.2, 0) is 5.41 Å². The van der Waals surface area contributed by atoms with Crippen LogP contribution in [0.5, 0.6) is 5.75 Å². The zero-order valence-corrected chi connectivity index (χ0v) is 14.1. The van der Waals surface area contributed by atoms with E-state index < -0.39 is 0 Å². The van der Waals surface area contributed by atoms with Gasteiger partial charge in [-0.3, -0.25) is 0 Å². The van der Waals surface area contributed by atoms with Gasteiger partial charge in [0.2, 0.25) is 5.95 Å². The van der Waals surface area contributed by atoms with E-state index in [1.807, 2.05) is 32.9 Å². The van der Waals surface area contributed by atoms with Gasteiger partial charge in [-0.1, -0.05) is 20.8 Å². The lowest BCUT2D eigenvalue weighted by molar-refractivity contribution is 0.472. The molecule has 0 aliphatic carbocycles. The van der Waals surface area contributed by atoms with E-state index in [2.05, 4.69) is 25.9 Å². The molecular formula is C15H16BrN5O. The highest BCUT2D eigenvalue weighted by Gasteiger charge is 2.22. The van der Waals surface area contributed by atoms with Crippen LogP contribution in [-0.4, -0.2) is 15.1 Å². The van der Waals surface area contributed by atoms with Crippen molar-refractivity contribution in [3.63, 3.8) is 0 Å². The Bertz CT molecular complexity index is 790. The molecule has 0 saturated heterocycles. The van der Waals surface area contributed by atoms with Gasteiger partial charge in [-0.25, -0.2) is 4.98 Å². The number of nitrogens with zero attached hydrogens (tertiary/aromatic N) is 3. The highest BCUT2D eigenvalue weighted by atomic mass is 79.9. The summed E-state index contributed by atoms with van der Waals surface area (Å²) in [5.74, 6) is -0.0909. The molecule has 0 radical (unpaired) electrons. The van der Waals surface area contributed by atoms with Crippen molar-refractivity contribution in [3.8, 4) is 23.1 Å². The van der Waals surface area contributed by atoms with Crippen LogP contribution in [0.2, 0.25) is 0 Å². The molecule has 6 nitrogen and oxygen atoms in total. The van der Waals surface area contributed by atoms with E-state index in [-0.39, 0.29) is 34.2 Å². The van der Waals surface area contributed by atoms with Crippen LogP contribution in [0.4, 0.5) is 11.8 Å². The molecule has 0 bridgehead atoms. The van der Waals surface area contributed by atoms with Crippen molar-refractivity contribution in [3.05, 3.63) is 27.7 Å². The smallest absolute Gasteiger partial charge is 0.222 e. The number of rotatable bonds is 1. The van der Waals surface area contributed by atoms with Gasteiger partial charge in [-0.05, 0) is 39.0 Å².